The minimum absolute atomic E-state index is 0.116. The average Bonchev–Trinajstić information content (AvgIpc) is 2.66. The predicted octanol–water partition coefficient (Wildman–Crippen LogP) is 3.48. The van der Waals surface area contributed by atoms with Gasteiger partial charge in [0, 0.05) is 6.07 Å². The summed E-state index contributed by atoms with van der Waals surface area (Å²) in [5, 5.41) is 0. The summed E-state index contributed by atoms with van der Waals surface area (Å²) in [6, 6.07) is 11.3. The van der Waals surface area contributed by atoms with Crippen LogP contribution in [0.1, 0.15) is 6.92 Å². The quantitative estimate of drug-likeness (QED) is 0.626. The Hall–Kier alpha value is -2.67. The van der Waals surface area contributed by atoms with E-state index in [9.17, 15) is 8.42 Å². The number of sulfonamides is 1. The summed E-state index contributed by atoms with van der Waals surface area (Å²) >= 11 is 0. The monoisotopic (exact) mass is 377 g/mol. The molecule has 0 saturated carbocycles. The molecule has 0 N–H and O–H groups in total. The number of methoxy groups -OCH3 is 2. The Morgan fingerprint density at radius 2 is 1.69 bits per heavy atom. The van der Waals surface area contributed by atoms with E-state index in [1.54, 1.807) is 30.3 Å². The van der Waals surface area contributed by atoms with Crippen LogP contribution in [0.4, 0.5) is 5.69 Å². The molecule has 0 fully saturated rings. The SMILES string of the molecule is C=CCN(c1ccc(OC)c(OC)c1)S(=O)(=O)c1ccc(OCC)cc1. The van der Waals surface area contributed by atoms with Crippen LogP contribution in [0.25, 0.3) is 0 Å². The van der Waals surface area contributed by atoms with Gasteiger partial charge in [0.15, 0.2) is 11.5 Å². The number of anilines is 1. The van der Waals surface area contributed by atoms with E-state index in [4.69, 9.17) is 14.2 Å². The minimum Gasteiger partial charge on any atom is -0.494 e. The molecule has 0 aliphatic rings. The van der Waals surface area contributed by atoms with Crippen LogP contribution in [0.15, 0.2) is 60.0 Å². The lowest BCUT2D eigenvalue weighted by Gasteiger charge is -2.24. The molecule has 0 radical (unpaired) electrons. The van der Waals surface area contributed by atoms with Gasteiger partial charge in [-0.1, -0.05) is 6.08 Å². The molecule has 2 rings (SSSR count). The maximum absolute atomic E-state index is 13.1. The van der Waals surface area contributed by atoms with Crippen molar-refractivity contribution in [3.05, 3.63) is 55.1 Å². The summed E-state index contributed by atoms with van der Waals surface area (Å²) in [5.41, 5.74) is 0.455. The van der Waals surface area contributed by atoms with Crippen LogP contribution in [0, 0.1) is 0 Å². The van der Waals surface area contributed by atoms with Crippen molar-refractivity contribution in [2.45, 2.75) is 11.8 Å². The smallest absolute Gasteiger partial charge is 0.264 e. The Labute approximate surface area is 154 Å². The van der Waals surface area contributed by atoms with E-state index in [0.717, 1.165) is 0 Å². The van der Waals surface area contributed by atoms with Crippen molar-refractivity contribution in [3.8, 4) is 17.2 Å². The molecule has 0 heterocycles. The zero-order valence-corrected chi connectivity index (χ0v) is 16.0. The zero-order chi connectivity index (χ0) is 19.2. The molecule has 0 aliphatic carbocycles. The highest BCUT2D eigenvalue weighted by molar-refractivity contribution is 7.92. The van der Waals surface area contributed by atoms with E-state index in [2.05, 4.69) is 6.58 Å². The zero-order valence-electron chi connectivity index (χ0n) is 15.1. The minimum atomic E-state index is -3.78. The normalized spacial score (nSPS) is 10.9. The molecule has 0 amide bonds. The van der Waals surface area contributed by atoms with Crippen LogP contribution < -0.4 is 18.5 Å². The summed E-state index contributed by atoms with van der Waals surface area (Å²) < 4.78 is 43.3. The molecule has 6 nitrogen and oxygen atoms in total. The summed E-state index contributed by atoms with van der Waals surface area (Å²) in [7, 11) is -0.758. The van der Waals surface area contributed by atoms with Gasteiger partial charge in [-0.15, -0.1) is 6.58 Å². The van der Waals surface area contributed by atoms with Gasteiger partial charge in [-0.25, -0.2) is 8.42 Å². The fourth-order valence-corrected chi connectivity index (χ4v) is 3.87. The highest BCUT2D eigenvalue weighted by atomic mass is 32.2. The molecule has 2 aromatic carbocycles. The molecule has 0 spiro atoms. The van der Waals surface area contributed by atoms with Gasteiger partial charge < -0.3 is 14.2 Å². The van der Waals surface area contributed by atoms with Gasteiger partial charge in [-0.05, 0) is 43.3 Å². The van der Waals surface area contributed by atoms with Gasteiger partial charge in [-0.2, -0.15) is 0 Å². The van der Waals surface area contributed by atoms with E-state index in [0.29, 0.717) is 29.5 Å². The van der Waals surface area contributed by atoms with E-state index in [1.165, 1.54) is 36.7 Å². The molecule has 0 aromatic heterocycles. The standard InChI is InChI=1S/C19H23NO5S/c1-5-13-20(15-7-12-18(23-3)19(14-15)24-4)26(21,22)17-10-8-16(9-11-17)25-6-2/h5,7-12,14H,1,6,13H2,2-4H3. The Kier molecular flexibility index (Phi) is 6.52. The largest absolute Gasteiger partial charge is 0.494 e. The predicted molar refractivity (Wildman–Crippen MR) is 102 cm³/mol. The molecule has 26 heavy (non-hydrogen) atoms. The fraction of sp³-hybridized carbons (Fsp3) is 0.263. The molecule has 140 valence electrons. The van der Waals surface area contributed by atoms with Crippen LogP contribution in [0.2, 0.25) is 0 Å². The second-order valence-electron chi connectivity index (χ2n) is 5.27. The van der Waals surface area contributed by atoms with E-state index >= 15 is 0 Å². The maximum atomic E-state index is 13.1. The first-order valence-corrected chi connectivity index (χ1v) is 9.50. The topological polar surface area (TPSA) is 65.1 Å². The second-order valence-corrected chi connectivity index (χ2v) is 7.13. The van der Waals surface area contributed by atoms with Crippen LogP contribution in [-0.4, -0.2) is 35.8 Å². The molecule has 0 aliphatic heterocycles. The number of rotatable bonds is 9. The molecule has 7 heteroatoms. The third-order valence-electron chi connectivity index (χ3n) is 3.67. The first kappa shape index (κ1) is 19.7. The molecule has 2 aromatic rings. The van der Waals surface area contributed by atoms with Crippen molar-refractivity contribution in [1.82, 2.24) is 0 Å². The van der Waals surface area contributed by atoms with Crippen LogP contribution in [-0.2, 0) is 10.0 Å². The van der Waals surface area contributed by atoms with Gasteiger partial charge in [0.05, 0.1) is 38.0 Å². The Morgan fingerprint density at radius 1 is 1.04 bits per heavy atom. The van der Waals surface area contributed by atoms with E-state index in [1.807, 2.05) is 6.92 Å². The number of ether oxygens (including phenoxy) is 3. The summed E-state index contributed by atoms with van der Waals surface area (Å²) in [6.45, 7) is 6.16. The lowest BCUT2D eigenvalue weighted by molar-refractivity contribution is 0.340. The van der Waals surface area contributed by atoms with Crippen molar-refractivity contribution in [1.29, 1.82) is 0 Å². The lowest BCUT2D eigenvalue weighted by atomic mass is 10.2. The number of hydrogen-bond acceptors (Lipinski definition) is 5. The van der Waals surface area contributed by atoms with Crippen molar-refractivity contribution in [2.75, 3.05) is 31.7 Å². The molecular weight excluding hydrogens is 354 g/mol. The number of benzene rings is 2. The Bertz CT molecular complexity index is 847. The van der Waals surface area contributed by atoms with Crippen LogP contribution >= 0.6 is 0 Å². The summed E-state index contributed by atoms with van der Waals surface area (Å²) in [4.78, 5) is 0.164. The van der Waals surface area contributed by atoms with Gasteiger partial charge in [0.1, 0.15) is 5.75 Å². The number of hydrogen-bond donors (Lipinski definition) is 0. The van der Waals surface area contributed by atoms with E-state index in [-0.39, 0.29) is 11.4 Å². The summed E-state index contributed by atoms with van der Waals surface area (Å²) in [5.74, 6) is 1.59. The molecule has 0 saturated heterocycles. The molecular formula is C19H23NO5S. The number of nitrogens with zero attached hydrogens (tertiary/aromatic N) is 1. The van der Waals surface area contributed by atoms with Gasteiger partial charge in [-0.3, -0.25) is 4.31 Å². The Morgan fingerprint density at radius 3 is 2.23 bits per heavy atom. The highest BCUT2D eigenvalue weighted by Crippen LogP contribution is 2.34. The van der Waals surface area contributed by atoms with Crippen molar-refractivity contribution in [3.63, 3.8) is 0 Å². The summed E-state index contributed by atoms with van der Waals surface area (Å²) in [6.07, 6.45) is 1.53. The van der Waals surface area contributed by atoms with Gasteiger partial charge >= 0.3 is 0 Å². The van der Waals surface area contributed by atoms with Crippen molar-refractivity contribution >= 4 is 15.7 Å². The van der Waals surface area contributed by atoms with Crippen molar-refractivity contribution < 1.29 is 22.6 Å². The van der Waals surface area contributed by atoms with E-state index < -0.39 is 10.0 Å². The van der Waals surface area contributed by atoms with Crippen molar-refractivity contribution in [2.24, 2.45) is 0 Å². The molecule has 0 bridgehead atoms. The lowest BCUT2D eigenvalue weighted by Crippen LogP contribution is -2.31. The average molecular weight is 377 g/mol. The van der Waals surface area contributed by atoms with Crippen LogP contribution in [0.3, 0.4) is 0 Å². The third-order valence-corrected chi connectivity index (χ3v) is 5.48. The first-order chi connectivity index (χ1) is 12.5. The molecule has 0 atom stereocenters. The third kappa shape index (κ3) is 4.11. The van der Waals surface area contributed by atoms with Crippen LogP contribution in [0.5, 0.6) is 17.2 Å². The maximum Gasteiger partial charge on any atom is 0.264 e. The molecule has 0 unspecified atom stereocenters. The van der Waals surface area contributed by atoms with Gasteiger partial charge in [0.25, 0.3) is 10.0 Å². The first-order valence-electron chi connectivity index (χ1n) is 8.06. The highest BCUT2D eigenvalue weighted by Gasteiger charge is 2.25. The fourth-order valence-electron chi connectivity index (χ4n) is 2.44. The Balaban J connectivity index is 2.46. The van der Waals surface area contributed by atoms with Gasteiger partial charge in [0.2, 0.25) is 0 Å². The second kappa shape index (κ2) is 8.62.